The number of carboxylic acids is 1. The maximum absolute atomic E-state index is 12.1. The van der Waals surface area contributed by atoms with Crippen molar-refractivity contribution in [1.82, 2.24) is 10.2 Å². The highest BCUT2D eigenvalue weighted by Gasteiger charge is 2.36. The average molecular weight is 298 g/mol. The van der Waals surface area contributed by atoms with Gasteiger partial charge in [0.15, 0.2) is 0 Å². The van der Waals surface area contributed by atoms with Crippen molar-refractivity contribution in [3.05, 3.63) is 0 Å². The van der Waals surface area contributed by atoms with Gasteiger partial charge in [-0.1, -0.05) is 26.7 Å². The van der Waals surface area contributed by atoms with Gasteiger partial charge in [0.1, 0.15) is 6.04 Å². The topological polar surface area (TPSA) is 69.6 Å². The number of carbonyl (C=O) groups excluding carboxylic acids is 1. The maximum atomic E-state index is 12.1. The molecule has 1 fully saturated rings. The third-order valence-electron chi connectivity index (χ3n) is 4.02. The first-order valence-corrected chi connectivity index (χ1v) is 8.09. The summed E-state index contributed by atoms with van der Waals surface area (Å²) in [5, 5.41) is 12.1. The SMILES string of the molecule is CC(C)CCCC(C)NC(=O)CN(C1CC1)C(C)C(=O)O. The van der Waals surface area contributed by atoms with Gasteiger partial charge in [0.05, 0.1) is 6.54 Å². The number of rotatable bonds is 10. The van der Waals surface area contributed by atoms with Crippen LogP contribution < -0.4 is 5.32 Å². The smallest absolute Gasteiger partial charge is 0.320 e. The van der Waals surface area contributed by atoms with Crippen LogP contribution in [0, 0.1) is 5.92 Å². The van der Waals surface area contributed by atoms with E-state index in [2.05, 4.69) is 19.2 Å². The molecule has 122 valence electrons. The first-order chi connectivity index (χ1) is 9.81. The Morgan fingerprint density at radius 1 is 1.19 bits per heavy atom. The highest BCUT2D eigenvalue weighted by molar-refractivity contribution is 5.80. The minimum Gasteiger partial charge on any atom is -0.480 e. The summed E-state index contributed by atoms with van der Waals surface area (Å²) in [5.74, 6) is -0.235. The van der Waals surface area contributed by atoms with E-state index in [0.717, 1.165) is 25.7 Å². The van der Waals surface area contributed by atoms with E-state index in [1.165, 1.54) is 6.42 Å². The van der Waals surface area contributed by atoms with E-state index >= 15 is 0 Å². The van der Waals surface area contributed by atoms with Crippen LogP contribution in [0.1, 0.15) is 59.8 Å². The Kier molecular flexibility index (Phi) is 7.15. The van der Waals surface area contributed by atoms with E-state index in [4.69, 9.17) is 5.11 Å². The van der Waals surface area contributed by atoms with Gasteiger partial charge in [0, 0.05) is 12.1 Å². The number of hydrogen-bond donors (Lipinski definition) is 2. The van der Waals surface area contributed by atoms with Crippen molar-refractivity contribution in [1.29, 1.82) is 0 Å². The summed E-state index contributed by atoms with van der Waals surface area (Å²) < 4.78 is 0. The summed E-state index contributed by atoms with van der Waals surface area (Å²) in [6.45, 7) is 8.25. The monoisotopic (exact) mass is 298 g/mol. The molecule has 1 rings (SSSR count). The molecule has 0 aliphatic heterocycles. The fourth-order valence-electron chi connectivity index (χ4n) is 2.52. The van der Waals surface area contributed by atoms with Gasteiger partial charge >= 0.3 is 5.97 Å². The van der Waals surface area contributed by atoms with Crippen molar-refractivity contribution < 1.29 is 14.7 Å². The standard InChI is InChI=1S/C16H30N2O3/c1-11(2)6-5-7-12(3)17-15(19)10-18(14-8-9-14)13(4)16(20)21/h11-14H,5-10H2,1-4H3,(H,17,19)(H,20,21). The number of amides is 1. The summed E-state index contributed by atoms with van der Waals surface area (Å²) in [7, 11) is 0. The Bertz CT molecular complexity index is 353. The van der Waals surface area contributed by atoms with Gasteiger partial charge in [-0.05, 0) is 39.0 Å². The van der Waals surface area contributed by atoms with E-state index in [1.54, 1.807) is 11.8 Å². The molecule has 0 heterocycles. The van der Waals surface area contributed by atoms with Crippen molar-refractivity contribution in [2.45, 2.75) is 77.9 Å². The number of carboxylic acid groups (broad SMARTS) is 1. The quantitative estimate of drug-likeness (QED) is 0.649. The Morgan fingerprint density at radius 2 is 1.81 bits per heavy atom. The zero-order valence-electron chi connectivity index (χ0n) is 13.8. The van der Waals surface area contributed by atoms with Crippen molar-refractivity contribution in [3.63, 3.8) is 0 Å². The van der Waals surface area contributed by atoms with Crippen LogP contribution in [0.25, 0.3) is 0 Å². The molecule has 5 nitrogen and oxygen atoms in total. The van der Waals surface area contributed by atoms with Gasteiger partial charge in [0.2, 0.25) is 5.91 Å². The van der Waals surface area contributed by atoms with Crippen molar-refractivity contribution in [2.75, 3.05) is 6.54 Å². The van der Waals surface area contributed by atoms with E-state index in [-0.39, 0.29) is 24.5 Å². The molecule has 0 aromatic carbocycles. The Balaban J connectivity index is 2.34. The van der Waals surface area contributed by atoms with Crippen LogP contribution in [0.3, 0.4) is 0 Å². The number of carbonyl (C=O) groups is 2. The van der Waals surface area contributed by atoms with Crippen LogP contribution in [-0.2, 0) is 9.59 Å². The van der Waals surface area contributed by atoms with Gasteiger partial charge in [-0.2, -0.15) is 0 Å². The largest absolute Gasteiger partial charge is 0.480 e. The second-order valence-corrected chi connectivity index (χ2v) is 6.71. The summed E-state index contributed by atoms with van der Waals surface area (Å²) >= 11 is 0. The molecule has 1 saturated carbocycles. The lowest BCUT2D eigenvalue weighted by atomic mass is 10.0. The predicted molar refractivity (Wildman–Crippen MR) is 83.1 cm³/mol. The summed E-state index contributed by atoms with van der Waals surface area (Å²) in [5.41, 5.74) is 0. The fraction of sp³-hybridized carbons (Fsp3) is 0.875. The minimum atomic E-state index is -0.861. The Morgan fingerprint density at radius 3 is 2.29 bits per heavy atom. The van der Waals surface area contributed by atoms with Crippen molar-refractivity contribution in [3.8, 4) is 0 Å². The first kappa shape index (κ1) is 18.0. The number of nitrogens with one attached hydrogen (secondary N) is 1. The Labute approximate surface area is 128 Å². The molecule has 2 N–H and O–H groups in total. The summed E-state index contributed by atoms with van der Waals surface area (Å²) in [6, 6.07) is -0.185. The molecule has 0 bridgehead atoms. The highest BCUT2D eigenvalue weighted by Crippen LogP contribution is 2.28. The molecule has 1 amide bonds. The molecular formula is C16H30N2O3. The van der Waals surface area contributed by atoms with E-state index in [9.17, 15) is 9.59 Å². The Hall–Kier alpha value is -1.10. The van der Waals surface area contributed by atoms with Crippen LogP contribution in [0.15, 0.2) is 0 Å². The van der Waals surface area contributed by atoms with Gasteiger partial charge in [-0.25, -0.2) is 0 Å². The molecule has 21 heavy (non-hydrogen) atoms. The van der Waals surface area contributed by atoms with Crippen LogP contribution in [0.2, 0.25) is 0 Å². The van der Waals surface area contributed by atoms with Crippen molar-refractivity contribution >= 4 is 11.9 Å². The number of hydrogen-bond acceptors (Lipinski definition) is 3. The molecule has 0 aromatic rings. The third kappa shape index (κ3) is 6.93. The minimum absolute atomic E-state index is 0.0629. The average Bonchev–Trinajstić information content (AvgIpc) is 3.18. The molecule has 2 atom stereocenters. The predicted octanol–water partition coefficient (Wildman–Crippen LogP) is 2.25. The van der Waals surface area contributed by atoms with E-state index in [0.29, 0.717) is 5.92 Å². The van der Waals surface area contributed by atoms with E-state index in [1.807, 2.05) is 6.92 Å². The number of aliphatic carboxylic acids is 1. The second-order valence-electron chi connectivity index (χ2n) is 6.71. The number of nitrogens with zero attached hydrogens (tertiary/aromatic N) is 1. The van der Waals surface area contributed by atoms with Gasteiger partial charge in [-0.15, -0.1) is 0 Å². The summed E-state index contributed by atoms with van der Waals surface area (Å²) in [4.78, 5) is 25.0. The van der Waals surface area contributed by atoms with Gasteiger partial charge in [-0.3, -0.25) is 14.5 Å². The third-order valence-corrected chi connectivity index (χ3v) is 4.02. The zero-order valence-corrected chi connectivity index (χ0v) is 13.8. The van der Waals surface area contributed by atoms with E-state index < -0.39 is 12.0 Å². The highest BCUT2D eigenvalue weighted by atomic mass is 16.4. The molecule has 0 aromatic heterocycles. The zero-order chi connectivity index (χ0) is 16.0. The molecule has 0 saturated heterocycles. The normalized spacial score (nSPS) is 17.8. The molecule has 0 spiro atoms. The molecule has 0 radical (unpaired) electrons. The van der Waals surface area contributed by atoms with Crippen molar-refractivity contribution in [2.24, 2.45) is 5.92 Å². The van der Waals surface area contributed by atoms with Crippen LogP contribution >= 0.6 is 0 Å². The van der Waals surface area contributed by atoms with Crippen LogP contribution in [0.4, 0.5) is 0 Å². The first-order valence-electron chi connectivity index (χ1n) is 8.09. The lowest BCUT2D eigenvalue weighted by molar-refractivity contribution is -0.143. The summed E-state index contributed by atoms with van der Waals surface area (Å²) in [6.07, 6.45) is 5.24. The van der Waals surface area contributed by atoms with Crippen LogP contribution in [0.5, 0.6) is 0 Å². The lowest BCUT2D eigenvalue weighted by Gasteiger charge is -2.26. The van der Waals surface area contributed by atoms with Gasteiger partial charge < -0.3 is 10.4 Å². The second kappa shape index (κ2) is 8.37. The molecule has 1 aliphatic carbocycles. The van der Waals surface area contributed by atoms with Gasteiger partial charge in [0.25, 0.3) is 0 Å². The fourth-order valence-corrected chi connectivity index (χ4v) is 2.52. The lowest BCUT2D eigenvalue weighted by Crippen LogP contribution is -2.47. The molecule has 1 aliphatic rings. The molecule has 5 heteroatoms. The maximum Gasteiger partial charge on any atom is 0.320 e. The molecular weight excluding hydrogens is 268 g/mol. The van der Waals surface area contributed by atoms with Crippen LogP contribution in [-0.4, -0.2) is 46.6 Å². The molecule has 2 unspecified atom stereocenters.